The van der Waals surface area contributed by atoms with Crippen LogP contribution in [-0.4, -0.2) is 85.4 Å². The molecule has 2 saturated heterocycles. The summed E-state index contributed by atoms with van der Waals surface area (Å²) in [5.41, 5.74) is 1.22. The summed E-state index contributed by atoms with van der Waals surface area (Å²) in [6, 6.07) is 10.2. The van der Waals surface area contributed by atoms with Crippen molar-refractivity contribution < 1.29 is 9.59 Å². The van der Waals surface area contributed by atoms with Crippen LogP contribution in [0.25, 0.3) is 0 Å². The van der Waals surface area contributed by atoms with Crippen molar-refractivity contribution in [2.75, 3.05) is 58.9 Å². The van der Waals surface area contributed by atoms with Gasteiger partial charge in [-0.1, -0.05) is 37.3 Å². The first-order chi connectivity index (χ1) is 13.7. The van der Waals surface area contributed by atoms with Gasteiger partial charge < -0.3 is 20.0 Å². The smallest absolute Gasteiger partial charge is 0.225 e. The van der Waals surface area contributed by atoms with Crippen LogP contribution in [0.1, 0.15) is 25.3 Å². The van der Waals surface area contributed by atoms with Crippen LogP contribution in [-0.2, 0) is 16.0 Å². The van der Waals surface area contributed by atoms with E-state index in [9.17, 15) is 9.59 Å². The first-order valence-electron chi connectivity index (χ1n) is 10.7. The number of nitrogens with zero attached hydrogens (tertiary/aromatic N) is 3. The van der Waals surface area contributed by atoms with Gasteiger partial charge >= 0.3 is 0 Å². The van der Waals surface area contributed by atoms with Crippen LogP contribution < -0.4 is 5.32 Å². The minimum atomic E-state index is -0.198. The van der Waals surface area contributed by atoms with Crippen LogP contribution in [0.4, 0.5) is 0 Å². The van der Waals surface area contributed by atoms with E-state index in [1.165, 1.54) is 5.56 Å². The Morgan fingerprint density at radius 2 is 1.79 bits per heavy atom. The van der Waals surface area contributed by atoms with Crippen molar-refractivity contribution in [3.63, 3.8) is 0 Å². The van der Waals surface area contributed by atoms with Gasteiger partial charge in [0.15, 0.2) is 0 Å². The van der Waals surface area contributed by atoms with Gasteiger partial charge in [-0.25, -0.2) is 0 Å². The fourth-order valence-corrected chi connectivity index (χ4v) is 4.06. The standard InChI is InChI=1S/C22H34N4O2/c1-2-24-13-15-25(16-14-24)11-6-10-23-22(28)20-17-21(27)26(18-20)12-9-19-7-4-3-5-8-19/h3-5,7-8,20H,2,6,9-18H2,1H3,(H,23,28). The van der Waals surface area contributed by atoms with Crippen molar-refractivity contribution in [1.82, 2.24) is 20.0 Å². The van der Waals surface area contributed by atoms with Crippen molar-refractivity contribution in [1.29, 1.82) is 0 Å². The molecular weight excluding hydrogens is 352 g/mol. The van der Waals surface area contributed by atoms with Crippen LogP contribution in [0.5, 0.6) is 0 Å². The second-order valence-electron chi connectivity index (χ2n) is 7.90. The van der Waals surface area contributed by atoms with Crippen molar-refractivity contribution >= 4 is 11.8 Å². The Balaban J connectivity index is 1.31. The third kappa shape index (κ3) is 6.04. The minimum Gasteiger partial charge on any atom is -0.356 e. The van der Waals surface area contributed by atoms with Gasteiger partial charge in [-0.05, 0) is 31.5 Å². The third-order valence-corrected chi connectivity index (χ3v) is 5.96. The molecule has 1 aromatic rings. The van der Waals surface area contributed by atoms with Crippen LogP contribution in [0, 0.1) is 5.92 Å². The molecule has 0 saturated carbocycles. The van der Waals surface area contributed by atoms with E-state index in [4.69, 9.17) is 0 Å². The monoisotopic (exact) mass is 386 g/mol. The second kappa shape index (κ2) is 10.6. The summed E-state index contributed by atoms with van der Waals surface area (Å²) in [7, 11) is 0. The molecule has 1 N–H and O–H groups in total. The average Bonchev–Trinajstić information content (AvgIpc) is 3.11. The molecule has 0 bridgehead atoms. The number of nitrogens with one attached hydrogen (secondary N) is 1. The highest BCUT2D eigenvalue weighted by atomic mass is 16.2. The predicted molar refractivity (Wildman–Crippen MR) is 111 cm³/mol. The predicted octanol–water partition coefficient (Wildman–Crippen LogP) is 1.22. The quantitative estimate of drug-likeness (QED) is 0.649. The molecule has 0 aromatic heterocycles. The van der Waals surface area contributed by atoms with Crippen molar-refractivity contribution in [2.45, 2.75) is 26.2 Å². The summed E-state index contributed by atoms with van der Waals surface area (Å²) in [5, 5.41) is 3.04. The topological polar surface area (TPSA) is 55.9 Å². The van der Waals surface area contributed by atoms with E-state index >= 15 is 0 Å². The van der Waals surface area contributed by atoms with Crippen molar-refractivity contribution in [3.8, 4) is 0 Å². The maximum atomic E-state index is 12.4. The van der Waals surface area contributed by atoms with Crippen molar-refractivity contribution in [2.24, 2.45) is 5.92 Å². The van der Waals surface area contributed by atoms with Gasteiger partial charge in [-0.15, -0.1) is 0 Å². The van der Waals surface area contributed by atoms with E-state index in [1.54, 1.807) is 0 Å². The summed E-state index contributed by atoms with van der Waals surface area (Å²) in [5.74, 6) is -0.0624. The molecule has 2 fully saturated rings. The number of rotatable bonds is 9. The maximum Gasteiger partial charge on any atom is 0.225 e. The highest BCUT2D eigenvalue weighted by molar-refractivity contribution is 5.89. The molecule has 28 heavy (non-hydrogen) atoms. The fourth-order valence-electron chi connectivity index (χ4n) is 4.06. The largest absolute Gasteiger partial charge is 0.356 e. The Morgan fingerprint density at radius 1 is 1.07 bits per heavy atom. The molecule has 6 nitrogen and oxygen atoms in total. The van der Waals surface area contributed by atoms with Crippen LogP contribution in [0.3, 0.4) is 0 Å². The van der Waals surface area contributed by atoms with Crippen LogP contribution in [0.2, 0.25) is 0 Å². The molecule has 1 atom stereocenters. The number of likely N-dealkylation sites (N-methyl/N-ethyl adjacent to an activating group) is 1. The van der Waals surface area contributed by atoms with E-state index in [2.05, 4.69) is 34.2 Å². The number of hydrogen-bond acceptors (Lipinski definition) is 4. The lowest BCUT2D eigenvalue weighted by Gasteiger charge is -2.34. The van der Waals surface area contributed by atoms with Gasteiger partial charge in [-0.3, -0.25) is 9.59 Å². The minimum absolute atomic E-state index is 0.0337. The second-order valence-corrected chi connectivity index (χ2v) is 7.90. The van der Waals surface area contributed by atoms with Gasteiger partial charge in [0.05, 0.1) is 5.92 Å². The third-order valence-electron chi connectivity index (χ3n) is 5.96. The van der Waals surface area contributed by atoms with E-state index in [1.807, 2.05) is 23.1 Å². The highest BCUT2D eigenvalue weighted by Crippen LogP contribution is 2.18. The number of carbonyl (C=O) groups is 2. The Labute approximate surface area is 168 Å². The SMILES string of the molecule is CCN1CCN(CCCNC(=O)C2CC(=O)N(CCc3ccccc3)C2)CC1. The Morgan fingerprint density at radius 3 is 2.50 bits per heavy atom. The fraction of sp³-hybridized carbons (Fsp3) is 0.636. The molecule has 1 aromatic carbocycles. The normalized spacial score (nSPS) is 21.2. The lowest BCUT2D eigenvalue weighted by atomic mass is 10.1. The van der Waals surface area contributed by atoms with Crippen molar-refractivity contribution in [3.05, 3.63) is 35.9 Å². The van der Waals surface area contributed by atoms with Gasteiger partial charge in [0, 0.05) is 52.2 Å². The number of hydrogen-bond donors (Lipinski definition) is 1. The Hall–Kier alpha value is -1.92. The average molecular weight is 387 g/mol. The zero-order valence-electron chi connectivity index (χ0n) is 17.1. The maximum absolute atomic E-state index is 12.4. The van der Waals surface area contributed by atoms with E-state index < -0.39 is 0 Å². The molecule has 0 radical (unpaired) electrons. The molecule has 2 heterocycles. The van der Waals surface area contributed by atoms with Crippen LogP contribution in [0.15, 0.2) is 30.3 Å². The summed E-state index contributed by atoms with van der Waals surface area (Å²) in [6.07, 6.45) is 2.15. The first kappa shape index (κ1) is 20.8. The molecule has 3 rings (SSSR count). The molecule has 1 unspecified atom stereocenters. The number of piperazine rings is 1. The number of benzene rings is 1. The lowest BCUT2D eigenvalue weighted by molar-refractivity contribution is -0.129. The van der Waals surface area contributed by atoms with E-state index in [-0.39, 0.29) is 17.7 Å². The van der Waals surface area contributed by atoms with Crippen LogP contribution >= 0.6 is 0 Å². The van der Waals surface area contributed by atoms with E-state index in [0.717, 1.165) is 52.1 Å². The highest BCUT2D eigenvalue weighted by Gasteiger charge is 2.33. The number of amides is 2. The first-order valence-corrected chi connectivity index (χ1v) is 10.7. The Bertz CT molecular complexity index is 629. The molecule has 6 heteroatoms. The number of likely N-dealkylation sites (tertiary alicyclic amines) is 1. The molecule has 0 aliphatic carbocycles. The summed E-state index contributed by atoms with van der Waals surface area (Å²) < 4.78 is 0. The lowest BCUT2D eigenvalue weighted by Crippen LogP contribution is -2.46. The molecule has 2 amide bonds. The molecular formula is C22H34N4O2. The molecule has 154 valence electrons. The summed E-state index contributed by atoms with van der Waals surface area (Å²) >= 11 is 0. The summed E-state index contributed by atoms with van der Waals surface area (Å²) in [4.78, 5) is 31.5. The van der Waals surface area contributed by atoms with Gasteiger partial charge in [-0.2, -0.15) is 0 Å². The zero-order valence-corrected chi connectivity index (χ0v) is 17.1. The Kier molecular flexibility index (Phi) is 7.86. The van der Waals surface area contributed by atoms with Gasteiger partial charge in [0.25, 0.3) is 0 Å². The molecule has 2 aliphatic heterocycles. The molecule has 0 spiro atoms. The summed E-state index contributed by atoms with van der Waals surface area (Å²) in [6.45, 7) is 10.8. The number of carbonyl (C=O) groups excluding carboxylic acids is 2. The van der Waals surface area contributed by atoms with Gasteiger partial charge in [0.2, 0.25) is 11.8 Å². The zero-order chi connectivity index (χ0) is 19.8. The molecule has 2 aliphatic rings. The van der Waals surface area contributed by atoms with Gasteiger partial charge in [0.1, 0.15) is 0 Å². The van der Waals surface area contributed by atoms with E-state index in [0.29, 0.717) is 26.1 Å².